The molecule has 6 heteroatoms. The number of ether oxygens (including phenoxy) is 1. The number of carbonyl (C=O) groups excluding carboxylic acids is 1. The van der Waals surface area contributed by atoms with Crippen molar-refractivity contribution in [1.29, 1.82) is 0 Å². The first-order valence-electron chi connectivity index (χ1n) is 10.9. The maximum absolute atomic E-state index is 12.3. The van der Waals surface area contributed by atoms with Crippen molar-refractivity contribution in [2.24, 2.45) is 17.8 Å². The van der Waals surface area contributed by atoms with E-state index in [0.717, 1.165) is 31.4 Å². The van der Waals surface area contributed by atoms with Crippen molar-refractivity contribution in [1.82, 2.24) is 10.2 Å². The highest BCUT2D eigenvalue weighted by molar-refractivity contribution is 5.73. The highest BCUT2D eigenvalue weighted by atomic mass is 16.6. The second kappa shape index (κ2) is 11.7. The summed E-state index contributed by atoms with van der Waals surface area (Å²) in [5.41, 5.74) is 2.41. The van der Waals surface area contributed by atoms with Gasteiger partial charge >= 0.3 is 12.1 Å². The van der Waals surface area contributed by atoms with Crippen LogP contribution in [0.4, 0.5) is 4.79 Å². The SMILES string of the molecule is CC(C)CC(CNC(=O)Oc1cccc(C2=CCCC[C@@H]2CN(C)C)c1)CC(=O)O. The summed E-state index contributed by atoms with van der Waals surface area (Å²) in [6.45, 7) is 5.38. The van der Waals surface area contributed by atoms with Gasteiger partial charge in [-0.2, -0.15) is 0 Å². The van der Waals surface area contributed by atoms with E-state index < -0.39 is 12.1 Å². The molecule has 0 aromatic heterocycles. The molecule has 2 atom stereocenters. The van der Waals surface area contributed by atoms with E-state index in [1.165, 1.54) is 12.0 Å². The molecule has 1 unspecified atom stereocenters. The van der Waals surface area contributed by atoms with Crippen LogP contribution in [-0.4, -0.2) is 49.3 Å². The first-order valence-corrected chi connectivity index (χ1v) is 10.9. The molecule has 0 spiro atoms. The molecular weight excluding hydrogens is 380 g/mol. The largest absolute Gasteiger partial charge is 0.481 e. The van der Waals surface area contributed by atoms with Crippen LogP contribution in [0.15, 0.2) is 30.3 Å². The van der Waals surface area contributed by atoms with Gasteiger partial charge in [0.15, 0.2) is 0 Å². The van der Waals surface area contributed by atoms with Crippen LogP contribution in [0, 0.1) is 17.8 Å². The normalized spacial score (nSPS) is 17.5. The van der Waals surface area contributed by atoms with Crippen LogP contribution < -0.4 is 10.1 Å². The Balaban J connectivity index is 1.99. The summed E-state index contributed by atoms with van der Waals surface area (Å²) in [5, 5.41) is 11.8. The number of hydrogen-bond acceptors (Lipinski definition) is 4. The van der Waals surface area contributed by atoms with Gasteiger partial charge in [0, 0.05) is 19.5 Å². The number of hydrogen-bond donors (Lipinski definition) is 2. The van der Waals surface area contributed by atoms with E-state index in [4.69, 9.17) is 9.84 Å². The van der Waals surface area contributed by atoms with Gasteiger partial charge in [0.05, 0.1) is 0 Å². The monoisotopic (exact) mass is 416 g/mol. The van der Waals surface area contributed by atoms with Gasteiger partial charge in [-0.3, -0.25) is 4.79 Å². The van der Waals surface area contributed by atoms with Crippen LogP contribution >= 0.6 is 0 Å². The van der Waals surface area contributed by atoms with Crippen LogP contribution in [-0.2, 0) is 4.79 Å². The highest BCUT2D eigenvalue weighted by Gasteiger charge is 2.21. The molecule has 30 heavy (non-hydrogen) atoms. The maximum Gasteiger partial charge on any atom is 0.412 e. The van der Waals surface area contributed by atoms with Crippen LogP contribution in [0.3, 0.4) is 0 Å². The van der Waals surface area contributed by atoms with Gasteiger partial charge in [-0.25, -0.2) is 4.79 Å². The molecule has 0 heterocycles. The number of amides is 1. The van der Waals surface area contributed by atoms with Crippen molar-refractivity contribution in [2.45, 2.75) is 46.0 Å². The third kappa shape index (κ3) is 8.19. The smallest absolute Gasteiger partial charge is 0.412 e. The van der Waals surface area contributed by atoms with Gasteiger partial charge in [0.25, 0.3) is 0 Å². The fraction of sp³-hybridized carbons (Fsp3) is 0.583. The number of carboxylic acid groups (broad SMARTS) is 1. The molecule has 2 rings (SSSR count). The molecule has 0 fully saturated rings. The Bertz CT molecular complexity index is 742. The van der Waals surface area contributed by atoms with Crippen molar-refractivity contribution in [3.8, 4) is 5.75 Å². The third-order valence-corrected chi connectivity index (χ3v) is 5.33. The second-order valence-electron chi connectivity index (χ2n) is 8.94. The zero-order chi connectivity index (χ0) is 22.1. The second-order valence-corrected chi connectivity index (χ2v) is 8.94. The van der Waals surface area contributed by atoms with E-state index in [2.05, 4.69) is 36.5 Å². The number of benzene rings is 1. The predicted octanol–water partition coefficient (Wildman–Crippen LogP) is 4.66. The lowest BCUT2D eigenvalue weighted by Gasteiger charge is -2.27. The summed E-state index contributed by atoms with van der Waals surface area (Å²) in [4.78, 5) is 25.6. The van der Waals surface area contributed by atoms with Gasteiger partial charge in [-0.05, 0) is 80.8 Å². The van der Waals surface area contributed by atoms with Gasteiger partial charge in [-0.15, -0.1) is 0 Å². The van der Waals surface area contributed by atoms with Crippen molar-refractivity contribution < 1.29 is 19.4 Å². The number of carbonyl (C=O) groups is 2. The quantitative estimate of drug-likeness (QED) is 0.580. The van der Waals surface area contributed by atoms with Crippen LogP contribution in [0.1, 0.15) is 51.5 Å². The Morgan fingerprint density at radius 1 is 1.30 bits per heavy atom. The Morgan fingerprint density at radius 2 is 2.07 bits per heavy atom. The van der Waals surface area contributed by atoms with Crippen molar-refractivity contribution in [2.75, 3.05) is 27.2 Å². The standard InChI is InChI=1S/C24H36N2O4/c1-17(2)12-18(13-23(27)28)15-25-24(29)30-21-10-7-9-19(14-21)22-11-6-5-8-20(22)16-26(3)4/h7,9-11,14,17-18,20H,5-6,8,12-13,15-16H2,1-4H3,(H,25,29)(H,27,28)/t18?,20-/m1/s1. The Morgan fingerprint density at radius 3 is 2.73 bits per heavy atom. The van der Waals surface area contributed by atoms with Crippen molar-refractivity contribution >= 4 is 17.6 Å². The lowest BCUT2D eigenvalue weighted by Crippen LogP contribution is -2.33. The summed E-state index contributed by atoms with van der Waals surface area (Å²) >= 11 is 0. The average molecular weight is 417 g/mol. The molecule has 2 N–H and O–H groups in total. The Hall–Kier alpha value is -2.34. The number of nitrogens with one attached hydrogen (secondary N) is 1. The zero-order valence-corrected chi connectivity index (χ0v) is 18.7. The average Bonchev–Trinajstić information content (AvgIpc) is 2.65. The van der Waals surface area contributed by atoms with Gasteiger partial charge in [-0.1, -0.05) is 32.1 Å². The molecule has 1 aromatic carbocycles. The molecular formula is C24H36N2O4. The Kier molecular flexibility index (Phi) is 9.37. The number of aliphatic carboxylic acids is 1. The van der Waals surface area contributed by atoms with Crippen molar-refractivity contribution in [3.05, 3.63) is 35.9 Å². The van der Waals surface area contributed by atoms with E-state index in [1.54, 1.807) is 6.07 Å². The molecule has 1 amide bonds. The van der Waals surface area contributed by atoms with E-state index in [0.29, 0.717) is 24.1 Å². The van der Waals surface area contributed by atoms with Crippen LogP contribution in [0.25, 0.3) is 5.57 Å². The Labute approximate surface area is 180 Å². The maximum atomic E-state index is 12.3. The van der Waals surface area contributed by atoms with E-state index in [-0.39, 0.29) is 12.3 Å². The van der Waals surface area contributed by atoms with E-state index in [1.807, 2.05) is 26.0 Å². The first-order chi connectivity index (χ1) is 14.2. The minimum Gasteiger partial charge on any atom is -0.481 e. The fourth-order valence-electron chi connectivity index (χ4n) is 4.19. The molecule has 0 aliphatic heterocycles. The van der Waals surface area contributed by atoms with Crippen molar-refractivity contribution in [3.63, 3.8) is 0 Å². The fourth-order valence-corrected chi connectivity index (χ4v) is 4.19. The molecule has 0 saturated heterocycles. The lowest BCUT2D eigenvalue weighted by molar-refractivity contribution is -0.138. The number of carboxylic acids is 1. The lowest BCUT2D eigenvalue weighted by atomic mass is 9.83. The van der Waals surface area contributed by atoms with Gasteiger partial charge in [0.1, 0.15) is 5.75 Å². The summed E-state index contributed by atoms with van der Waals surface area (Å²) in [5.74, 6) is 0.379. The third-order valence-electron chi connectivity index (χ3n) is 5.33. The van der Waals surface area contributed by atoms with Gasteiger partial charge < -0.3 is 20.1 Å². The number of rotatable bonds is 10. The molecule has 0 bridgehead atoms. The highest BCUT2D eigenvalue weighted by Crippen LogP contribution is 2.34. The molecule has 0 saturated carbocycles. The number of allylic oxidation sites excluding steroid dienone is 1. The molecule has 1 aliphatic rings. The van der Waals surface area contributed by atoms with E-state index >= 15 is 0 Å². The molecule has 1 aromatic rings. The summed E-state index contributed by atoms with van der Waals surface area (Å²) in [7, 11) is 4.18. The topological polar surface area (TPSA) is 78.9 Å². The van der Waals surface area contributed by atoms with Crippen LogP contribution in [0.2, 0.25) is 0 Å². The molecule has 166 valence electrons. The predicted molar refractivity (Wildman–Crippen MR) is 120 cm³/mol. The minimum atomic E-state index is -0.850. The molecule has 0 radical (unpaired) electrons. The van der Waals surface area contributed by atoms with E-state index in [9.17, 15) is 9.59 Å². The summed E-state index contributed by atoms with van der Waals surface area (Å²) in [6.07, 6.45) is 5.98. The molecule has 1 aliphatic carbocycles. The minimum absolute atomic E-state index is 0.0371. The number of nitrogens with zero attached hydrogens (tertiary/aromatic N) is 1. The first kappa shape index (κ1) is 23.9. The zero-order valence-electron chi connectivity index (χ0n) is 18.7. The van der Waals surface area contributed by atoms with Gasteiger partial charge in [0.2, 0.25) is 0 Å². The summed E-state index contributed by atoms with van der Waals surface area (Å²) in [6, 6.07) is 7.67. The molecule has 6 nitrogen and oxygen atoms in total. The van der Waals surface area contributed by atoms with Crippen LogP contribution in [0.5, 0.6) is 5.75 Å². The summed E-state index contributed by atoms with van der Waals surface area (Å²) < 4.78 is 5.49.